The molecule has 5 heteroatoms. The Bertz CT molecular complexity index is 3470. The van der Waals surface area contributed by atoms with E-state index < -0.39 is 0 Å². The fourth-order valence-corrected chi connectivity index (χ4v) is 11.1. The van der Waals surface area contributed by atoms with Crippen molar-refractivity contribution in [2.45, 2.75) is 51.4 Å². The first kappa shape index (κ1) is 34.5. The number of benzene rings is 7. The summed E-state index contributed by atoms with van der Waals surface area (Å²) in [7, 11) is 0. The van der Waals surface area contributed by atoms with Gasteiger partial charge in [0.15, 0.2) is 5.82 Å². The molecule has 0 atom stereocenters. The standard InChI is InChI=1S/C54H42N4S/c1-53(2)27-28-54(3,4)43-32-47-41(31-42(43)53)39-21-7-11-25-46(39)58(47)36-18-14-16-34(30-36)51-55-50(49-40-22-8-12-26-48(40)59-52(49)56-51)33-15-13-17-35(29-33)57-44-23-9-5-19-37(44)38-20-6-10-24-45(38)57/h5-26,29-32H,27-28H2,1-4H3. The number of thiophene rings is 1. The molecule has 11 aromatic rings. The molecule has 284 valence electrons. The second-order valence-corrected chi connectivity index (χ2v) is 18.7. The summed E-state index contributed by atoms with van der Waals surface area (Å²) in [5.74, 6) is 0.726. The van der Waals surface area contributed by atoms with Gasteiger partial charge in [-0.25, -0.2) is 9.97 Å². The van der Waals surface area contributed by atoms with Gasteiger partial charge in [0.1, 0.15) is 4.83 Å². The Hall–Kier alpha value is -6.56. The van der Waals surface area contributed by atoms with E-state index in [1.807, 2.05) is 0 Å². The third-order valence-corrected chi connectivity index (χ3v) is 14.3. The van der Waals surface area contributed by atoms with Crippen LogP contribution in [0, 0.1) is 0 Å². The Balaban J connectivity index is 1.07. The Morgan fingerprint density at radius 3 is 1.61 bits per heavy atom. The van der Waals surface area contributed by atoms with E-state index in [0.29, 0.717) is 0 Å². The topological polar surface area (TPSA) is 35.6 Å². The number of para-hydroxylation sites is 3. The monoisotopic (exact) mass is 778 g/mol. The molecule has 1 aliphatic carbocycles. The zero-order valence-electron chi connectivity index (χ0n) is 33.6. The van der Waals surface area contributed by atoms with Gasteiger partial charge >= 0.3 is 0 Å². The van der Waals surface area contributed by atoms with Crippen LogP contribution in [0.3, 0.4) is 0 Å². The van der Waals surface area contributed by atoms with E-state index in [1.54, 1.807) is 11.3 Å². The first-order valence-electron chi connectivity index (χ1n) is 20.7. The lowest BCUT2D eigenvalue weighted by molar-refractivity contribution is 0.332. The fourth-order valence-electron chi connectivity index (χ4n) is 10.0. The van der Waals surface area contributed by atoms with E-state index in [1.165, 1.54) is 77.7 Å². The lowest BCUT2D eigenvalue weighted by Gasteiger charge is -2.42. The number of rotatable bonds is 4. The highest BCUT2D eigenvalue weighted by molar-refractivity contribution is 7.25. The summed E-state index contributed by atoms with van der Waals surface area (Å²) >= 11 is 1.74. The van der Waals surface area contributed by atoms with Crippen molar-refractivity contribution in [2.75, 3.05) is 0 Å². The van der Waals surface area contributed by atoms with Gasteiger partial charge < -0.3 is 9.13 Å². The molecule has 12 rings (SSSR count). The largest absolute Gasteiger partial charge is 0.309 e. The van der Waals surface area contributed by atoms with Gasteiger partial charge in [0, 0.05) is 59.5 Å². The molecule has 7 aromatic carbocycles. The zero-order valence-corrected chi connectivity index (χ0v) is 34.4. The van der Waals surface area contributed by atoms with Gasteiger partial charge in [-0.2, -0.15) is 0 Å². The number of fused-ring (bicyclic) bond motifs is 10. The fraction of sp³-hybridized carbons (Fsp3) is 0.148. The van der Waals surface area contributed by atoms with Crippen LogP contribution in [-0.2, 0) is 10.8 Å². The summed E-state index contributed by atoms with van der Waals surface area (Å²) in [6, 6.07) is 57.6. The first-order chi connectivity index (χ1) is 28.7. The van der Waals surface area contributed by atoms with E-state index in [9.17, 15) is 0 Å². The minimum absolute atomic E-state index is 0.102. The molecular weight excluding hydrogens is 737 g/mol. The number of aromatic nitrogens is 4. The van der Waals surface area contributed by atoms with Crippen LogP contribution in [-0.4, -0.2) is 19.1 Å². The van der Waals surface area contributed by atoms with Crippen molar-refractivity contribution in [2.24, 2.45) is 0 Å². The van der Waals surface area contributed by atoms with Crippen LogP contribution in [0.25, 0.3) is 97.9 Å². The number of hydrogen-bond acceptors (Lipinski definition) is 3. The molecule has 59 heavy (non-hydrogen) atoms. The molecule has 0 N–H and O–H groups in total. The SMILES string of the molecule is CC1(C)CCC(C)(C)c2cc3c(cc21)c1ccccc1n3-c1cccc(-c2nc(-c3cccc(-n4c5ccccc5c5ccccc54)c3)c3c(n2)sc2ccccc23)c1. The summed E-state index contributed by atoms with van der Waals surface area (Å²) < 4.78 is 6.05. The smallest absolute Gasteiger partial charge is 0.161 e. The molecule has 4 nitrogen and oxygen atoms in total. The van der Waals surface area contributed by atoms with Gasteiger partial charge in [0.2, 0.25) is 0 Å². The molecule has 4 aromatic heterocycles. The van der Waals surface area contributed by atoms with Gasteiger partial charge in [-0.3, -0.25) is 0 Å². The molecule has 0 unspecified atom stereocenters. The molecule has 0 saturated carbocycles. The summed E-state index contributed by atoms with van der Waals surface area (Å²) in [6.07, 6.45) is 2.37. The highest BCUT2D eigenvalue weighted by Gasteiger charge is 2.38. The molecule has 0 spiro atoms. The molecule has 0 amide bonds. The summed E-state index contributed by atoms with van der Waals surface area (Å²) in [6.45, 7) is 9.66. The first-order valence-corrected chi connectivity index (χ1v) is 21.5. The molecule has 0 bridgehead atoms. The lowest BCUT2D eigenvalue weighted by Crippen LogP contribution is -2.33. The quantitative estimate of drug-likeness (QED) is 0.178. The summed E-state index contributed by atoms with van der Waals surface area (Å²) in [4.78, 5) is 11.9. The van der Waals surface area contributed by atoms with E-state index in [2.05, 4.69) is 195 Å². The van der Waals surface area contributed by atoms with Crippen LogP contribution >= 0.6 is 11.3 Å². The van der Waals surface area contributed by atoms with Gasteiger partial charge in [-0.1, -0.05) is 125 Å². The number of nitrogens with zero attached hydrogens (tertiary/aromatic N) is 4. The van der Waals surface area contributed by atoms with Crippen LogP contribution in [0.15, 0.2) is 158 Å². The molecule has 1 aliphatic rings. The van der Waals surface area contributed by atoms with Crippen molar-refractivity contribution in [3.63, 3.8) is 0 Å². The van der Waals surface area contributed by atoms with Gasteiger partial charge in [0.05, 0.1) is 27.8 Å². The molecular formula is C54H42N4S. The Morgan fingerprint density at radius 2 is 0.966 bits per heavy atom. The van der Waals surface area contributed by atoms with Crippen molar-refractivity contribution in [1.82, 2.24) is 19.1 Å². The van der Waals surface area contributed by atoms with Crippen molar-refractivity contribution in [1.29, 1.82) is 0 Å². The molecule has 0 radical (unpaired) electrons. The van der Waals surface area contributed by atoms with Crippen molar-refractivity contribution in [3.8, 4) is 34.0 Å². The predicted molar refractivity (Wildman–Crippen MR) is 250 cm³/mol. The zero-order chi connectivity index (χ0) is 39.6. The Morgan fingerprint density at radius 1 is 0.458 bits per heavy atom. The molecule has 0 saturated heterocycles. The van der Waals surface area contributed by atoms with E-state index >= 15 is 0 Å². The summed E-state index contributed by atoms with van der Waals surface area (Å²) in [5.41, 5.74) is 13.2. The number of hydrogen-bond donors (Lipinski definition) is 0. The Labute approximate surface area is 347 Å². The van der Waals surface area contributed by atoms with E-state index in [0.717, 1.165) is 44.2 Å². The maximum Gasteiger partial charge on any atom is 0.161 e. The van der Waals surface area contributed by atoms with Gasteiger partial charge in [-0.05, 0) is 95.5 Å². The average molecular weight is 779 g/mol. The minimum Gasteiger partial charge on any atom is -0.309 e. The predicted octanol–water partition coefficient (Wildman–Crippen LogP) is 14.7. The summed E-state index contributed by atoms with van der Waals surface area (Å²) in [5, 5.41) is 7.37. The second kappa shape index (κ2) is 12.5. The second-order valence-electron chi connectivity index (χ2n) is 17.7. The minimum atomic E-state index is 0.102. The van der Waals surface area contributed by atoms with Crippen molar-refractivity contribution >= 4 is 75.3 Å². The molecule has 0 aliphatic heterocycles. The van der Waals surface area contributed by atoms with Crippen LogP contribution in [0.4, 0.5) is 0 Å². The highest BCUT2D eigenvalue weighted by Crippen LogP contribution is 2.49. The molecule has 4 heterocycles. The van der Waals surface area contributed by atoms with E-state index in [-0.39, 0.29) is 10.8 Å². The molecule has 0 fully saturated rings. The van der Waals surface area contributed by atoms with Gasteiger partial charge in [-0.15, -0.1) is 11.3 Å². The van der Waals surface area contributed by atoms with Crippen molar-refractivity contribution in [3.05, 3.63) is 169 Å². The van der Waals surface area contributed by atoms with Crippen LogP contribution in [0.2, 0.25) is 0 Å². The Kier molecular flexibility index (Phi) is 7.29. The van der Waals surface area contributed by atoms with Crippen LogP contribution in [0.1, 0.15) is 51.7 Å². The highest BCUT2D eigenvalue weighted by atomic mass is 32.1. The van der Waals surface area contributed by atoms with Gasteiger partial charge in [0.25, 0.3) is 0 Å². The third-order valence-electron chi connectivity index (χ3n) is 13.2. The third kappa shape index (κ3) is 5.14. The lowest BCUT2D eigenvalue weighted by atomic mass is 9.63. The van der Waals surface area contributed by atoms with Crippen LogP contribution < -0.4 is 0 Å². The van der Waals surface area contributed by atoms with Crippen molar-refractivity contribution < 1.29 is 0 Å². The normalized spacial score (nSPS) is 14.9. The average Bonchev–Trinajstić information content (AvgIpc) is 3.92. The maximum absolute atomic E-state index is 5.53. The van der Waals surface area contributed by atoms with E-state index in [4.69, 9.17) is 9.97 Å². The van der Waals surface area contributed by atoms with Crippen LogP contribution in [0.5, 0.6) is 0 Å². The maximum atomic E-state index is 5.53.